The van der Waals surface area contributed by atoms with Crippen molar-refractivity contribution in [2.75, 3.05) is 189 Å². The number of nitrogens with zero attached hydrogens (tertiary/aromatic N) is 19. The highest BCUT2D eigenvalue weighted by Crippen LogP contribution is 2.42. The minimum atomic E-state index is -0.936. The molecule has 0 spiro atoms. The lowest BCUT2D eigenvalue weighted by Crippen LogP contribution is -2.47. The van der Waals surface area contributed by atoms with Gasteiger partial charge in [-0.2, -0.15) is 5.26 Å². The fourth-order valence-electron chi connectivity index (χ4n) is 18.5. The van der Waals surface area contributed by atoms with Gasteiger partial charge in [0.15, 0.2) is 5.78 Å². The molecule has 6 saturated heterocycles. The average Bonchev–Trinajstić information content (AvgIpc) is 1.62. The summed E-state index contributed by atoms with van der Waals surface area (Å²) in [6.45, 7) is 16.9. The van der Waals surface area contributed by atoms with E-state index in [9.17, 15) is 29.9 Å². The molecule has 8 aliphatic heterocycles. The Morgan fingerprint density at radius 2 is 0.672 bits per heavy atom. The number of aromatic nitrogens is 6. The lowest BCUT2D eigenvalue weighted by atomic mass is 9.95. The molecule has 6 unspecified atom stereocenters. The second-order valence-corrected chi connectivity index (χ2v) is 33.9. The van der Waals surface area contributed by atoms with Gasteiger partial charge in [0.2, 0.25) is 0 Å². The molecular weight excluding hydrogens is 1620 g/mol. The molecule has 20 rings (SSSR count). The Kier molecular flexibility index (Phi) is 31.2. The zero-order chi connectivity index (χ0) is 88.3. The number of pyridine rings is 6. The molecule has 0 amide bonds. The first-order chi connectivity index (χ1) is 62.0. The lowest BCUT2D eigenvalue weighted by molar-refractivity contribution is 0.0696. The van der Waals surface area contributed by atoms with Crippen LogP contribution in [0.4, 0.5) is 34.9 Å². The first-order valence-corrected chi connectivity index (χ1v) is 44.1. The summed E-state index contributed by atoms with van der Waals surface area (Å²) in [4.78, 5) is 90.6. The molecule has 12 aromatic rings. The third kappa shape index (κ3) is 21.6. The van der Waals surface area contributed by atoms with E-state index >= 15 is 0 Å². The van der Waals surface area contributed by atoms with Crippen LogP contribution in [0.15, 0.2) is 280 Å². The van der Waals surface area contributed by atoms with Crippen LogP contribution in [0.25, 0.3) is 0 Å². The molecule has 6 aromatic carbocycles. The van der Waals surface area contributed by atoms with Gasteiger partial charge in [-0.25, -0.2) is 34.7 Å². The molecule has 2 N–H and O–H groups in total. The zero-order valence-electron chi connectivity index (χ0n) is 73.2. The van der Waals surface area contributed by atoms with Gasteiger partial charge in [-0.3, -0.25) is 9.59 Å². The Labute approximate surface area is 758 Å². The Bertz CT molecular complexity index is 5590. The highest BCUT2D eigenvalue weighted by Gasteiger charge is 2.39. The number of benzene rings is 6. The predicted octanol–water partition coefficient (Wildman–Crippen LogP) is 15.0. The number of piperazine rings is 6. The molecule has 6 fully saturated rings. The lowest BCUT2D eigenvalue weighted by Gasteiger charge is -2.41. The molecule has 128 heavy (non-hydrogen) atoms. The van der Waals surface area contributed by atoms with E-state index in [1.807, 2.05) is 109 Å². The van der Waals surface area contributed by atoms with Crippen LogP contribution < -0.4 is 29.4 Å². The second kappa shape index (κ2) is 43.7. The van der Waals surface area contributed by atoms with Crippen LogP contribution in [0.3, 0.4) is 0 Å². The highest BCUT2D eigenvalue weighted by atomic mass is 35.5. The maximum atomic E-state index is 12.9. The monoisotopic (exact) mass is 1730 g/mol. The third-order valence-electron chi connectivity index (χ3n) is 25.1. The van der Waals surface area contributed by atoms with Gasteiger partial charge in [0.1, 0.15) is 46.5 Å². The van der Waals surface area contributed by atoms with E-state index in [-0.39, 0.29) is 55.6 Å². The summed E-state index contributed by atoms with van der Waals surface area (Å²) in [5, 5.41) is 27.9. The molecule has 0 saturated carbocycles. The standard InChI is InChI=1S/C17H18ClN3O.C17H18N4.C17H19N3O2.C17H17N3O.C17H21N3O.C17H19N3.CH4/c1-20-10-11-21(15(12-20)13-6-3-2-4-7-13)17-14(16(18)22)8-5-9-19-17;1-20-10-11-21(17-15(12-18)8-5-9-19-17)16(13-20)14-6-3-2-4-7-14;1-19-10-11-20(15(12-19)13-6-3-2-4-7-13)16-14(17(21)22)8-5-9-18-16;1-19-9-10-20-15(11-19)12-5-2-3-6-13(12)16(21)14-7-4-8-18-17(14)20;1-19-10-11-20(17-15(13-21)8-5-9-18-17)16(12-19)14-6-3-2-4-7-14;1-19-9-10-20-16(12-19)15-7-3-2-5-13(15)11-14-6-4-8-18-17(14)20;/h2-9,15H,10-12H2,1H3;2-9,16H,10-11,13H2,1H3;2-9,15H,10-12H2,1H3,(H,21,22);2-8,15H,9-11H2,1H3;2-9,16,21H,10-13H2,1H3;2-8,16H,9-12H2,1H3;1H4. The van der Waals surface area contributed by atoms with Gasteiger partial charge in [0.05, 0.1) is 59.5 Å². The molecule has 6 atom stereocenters. The number of ketones is 1. The number of hydrogen-bond donors (Lipinski definition) is 2. The minimum absolute atomic E-state index is 0. The van der Waals surface area contributed by atoms with Crippen molar-refractivity contribution in [1.82, 2.24) is 59.3 Å². The van der Waals surface area contributed by atoms with Crippen LogP contribution in [-0.4, -0.2) is 247 Å². The molecule has 6 aromatic heterocycles. The molecule has 0 bridgehead atoms. The minimum Gasteiger partial charge on any atom is -0.478 e. The Morgan fingerprint density at radius 3 is 1.13 bits per heavy atom. The molecule has 8 aliphatic rings. The predicted molar refractivity (Wildman–Crippen MR) is 510 cm³/mol. The summed E-state index contributed by atoms with van der Waals surface area (Å²) in [5.74, 6) is 4.09. The van der Waals surface area contributed by atoms with Gasteiger partial charge in [-0.1, -0.05) is 189 Å². The Morgan fingerprint density at radius 1 is 0.352 bits per heavy atom. The van der Waals surface area contributed by atoms with E-state index in [2.05, 4.69) is 252 Å². The molecule has 14 heterocycles. The fourth-order valence-corrected chi connectivity index (χ4v) is 18.7. The van der Waals surface area contributed by atoms with Crippen molar-refractivity contribution in [3.8, 4) is 6.07 Å². The van der Waals surface area contributed by atoms with Crippen molar-refractivity contribution < 1.29 is 24.6 Å². The summed E-state index contributed by atoms with van der Waals surface area (Å²) in [7, 11) is 12.8. The Balaban J connectivity index is 0.000000124. The number of fused-ring (bicyclic) bond motifs is 10. The summed E-state index contributed by atoms with van der Waals surface area (Å²) in [6.07, 6.45) is 11.6. The SMILES string of the molecule is C.CN1CCN(c2ncccc2C#N)C(c2ccccc2)C1.CN1CCN(c2ncccc2C(=O)Cl)C(c2ccccc2)C1.CN1CCN(c2ncccc2C(=O)O)C(c2ccccc2)C1.CN1CCN(c2ncccc2CO)C(c2ccccc2)C1.CN1CCN2c3ncccc3C(=O)c3ccccc3C2C1.CN1CCN2c3ncccc3Cc3ccccc3C2C1. The number of halogens is 1. The van der Waals surface area contributed by atoms with E-state index in [1.165, 1.54) is 44.8 Å². The summed E-state index contributed by atoms with van der Waals surface area (Å²) in [5.41, 5.74) is 14.1. The van der Waals surface area contributed by atoms with Gasteiger partial charge in [0.25, 0.3) is 5.24 Å². The number of anilines is 6. The second-order valence-electron chi connectivity index (χ2n) is 33.6. The quantitative estimate of drug-likeness (QED) is 0.115. The number of rotatable bonds is 11. The molecule has 24 nitrogen and oxygen atoms in total. The molecule has 0 radical (unpaired) electrons. The van der Waals surface area contributed by atoms with Crippen LogP contribution in [0.1, 0.15) is 136 Å². The van der Waals surface area contributed by atoms with Crippen LogP contribution in [0.5, 0.6) is 0 Å². The number of carbonyl (C=O) groups excluding carboxylic acids is 2. The number of carboxylic acids is 1. The van der Waals surface area contributed by atoms with Gasteiger partial charge < -0.3 is 69.0 Å². The van der Waals surface area contributed by atoms with Crippen LogP contribution in [0, 0.1) is 11.3 Å². The number of aromatic carboxylic acids is 1. The maximum absolute atomic E-state index is 12.9. The van der Waals surface area contributed by atoms with Crippen molar-refractivity contribution in [3.63, 3.8) is 0 Å². The number of aliphatic hydroxyl groups excluding tert-OH is 1. The summed E-state index contributed by atoms with van der Waals surface area (Å²) in [6, 6.07) is 84.2. The van der Waals surface area contributed by atoms with Gasteiger partial charge in [0, 0.05) is 173 Å². The zero-order valence-corrected chi connectivity index (χ0v) is 73.9. The van der Waals surface area contributed by atoms with E-state index in [0.29, 0.717) is 28.8 Å². The molecule has 660 valence electrons. The topological polar surface area (TPSA) is 232 Å². The smallest absolute Gasteiger partial charge is 0.339 e. The summed E-state index contributed by atoms with van der Waals surface area (Å²) < 4.78 is 0. The summed E-state index contributed by atoms with van der Waals surface area (Å²) >= 11 is 5.73. The Hall–Kier alpha value is -12.7. The van der Waals surface area contributed by atoms with Crippen molar-refractivity contribution in [3.05, 3.63) is 358 Å². The largest absolute Gasteiger partial charge is 0.478 e. The highest BCUT2D eigenvalue weighted by molar-refractivity contribution is 6.68. The number of likely N-dealkylation sites (N-methyl/N-ethyl adjacent to an activating group) is 6. The first kappa shape index (κ1) is 91.5. The number of carboxylic acid groups (broad SMARTS) is 1. The van der Waals surface area contributed by atoms with E-state index < -0.39 is 11.2 Å². The number of nitriles is 1. The molecular formula is C103H116ClN19O5. The van der Waals surface area contributed by atoms with Crippen molar-refractivity contribution >= 4 is 63.5 Å². The maximum Gasteiger partial charge on any atom is 0.339 e. The van der Waals surface area contributed by atoms with Gasteiger partial charge in [-0.05, 0) is 159 Å². The molecule has 25 heteroatoms. The number of hydrogen-bond acceptors (Lipinski definition) is 23. The van der Waals surface area contributed by atoms with Crippen LogP contribution >= 0.6 is 11.6 Å². The molecule has 0 aliphatic carbocycles. The van der Waals surface area contributed by atoms with E-state index in [0.717, 1.165) is 164 Å². The van der Waals surface area contributed by atoms with E-state index in [1.54, 1.807) is 55.2 Å². The van der Waals surface area contributed by atoms with Gasteiger partial charge in [-0.15, -0.1) is 0 Å². The number of carbonyl (C=O) groups is 3. The van der Waals surface area contributed by atoms with Crippen molar-refractivity contribution in [1.29, 1.82) is 5.26 Å². The van der Waals surface area contributed by atoms with Crippen LogP contribution in [-0.2, 0) is 13.0 Å². The van der Waals surface area contributed by atoms with Gasteiger partial charge >= 0.3 is 5.97 Å². The average molecular weight is 1740 g/mol. The van der Waals surface area contributed by atoms with Crippen LogP contribution in [0.2, 0.25) is 0 Å². The number of aliphatic hydroxyl groups is 1. The normalized spacial score (nSPS) is 19.9. The third-order valence-corrected chi connectivity index (χ3v) is 25.3. The van der Waals surface area contributed by atoms with Crippen molar-refractivity contribution in [2.24, 2.45) is 0 Å². The fraction of sp³-hybridized carbons (Fsp3) is 0.320. The van der Waals surface area contributed by atoms with E-state index in [4.69, 9.17) is 11.6 Å². The first-order valence-electron chi connectivity index (χ1n) is 43.7. The van der Waals surface area contributed by atoms with Crippen molar-refractivity contribution in [2.45, 2.75) is 56.7 Å².